The number of rotatable bonds is 5. The number of halogens is 2. The van der Waals surface area contributed by atoms with Gasteiger partial charge in [0.2, 0.25) is 0 Å². The van der Waals surface area contributed by atoms with Crippen LogP contribution < -0.4 is 11.1 Å². The molecular weight excluding hydrogens is 198 g/mol. The van der Waals surface area contributed by atoms with Crippen molar-refractivity contribution >= 4 is 0 Å². The summed E-state index contributed by atoms with van der Waals surface area (Å²) in [7, 11) is 0. The third-order valence-electron chi connectivity index (χ3n) is 2.24. The Morgan fingerprint density at radius 3 is 2.67 bits per heavy atom. The van der Waals surface area contributed by atoms with Gasteiger partial charge >= 0.3 is 0 Å². The summed E-state index contributed by atoms with van der Waals surface area (Å²) in [6.45, 7) is 3.26. The fraction of sp³-hybridized carbons (Fsp3) is 0.455. The normalized spacial score (nSPS) is 12.8. The lowest BCUT2D eigenvalue weighted by molar-refractivity contribution is 0.505. The van der Waals surface area contributed by atoms with Crippen molar-refractivity contribution in [3.8, 4) is 0 Å². The number of hydrogen-bond acceptors (Lipinski definition) is 2. The second-order valence-electron chi connectivity index (χ2n) is 3.59. The molecule has 1 atom stereocenters. The Kier molecular flexibility index (Phi) is 4.65. The molecule has 0 fully saturated rings. The zero-order valence-corrected chi connectivity index (χ0v) is 8.76. The van der Waals surface area contributed by atoms with Crippen molar-refractivity contribution in [2.24, 2.45) is 5.73 Å². The zero-order valence-electron chi connectivity index (χ0n) is 8.76. The van der Waals surface area contributed by atoms with E-state index in [0.717, 1.165) is 11.6 Å². The van der Waals surface area contributed by atoms with E-state index >= 15 is 0 Å². The van der Waals surface area contributed by atoms with E-state index in [1.165, 1.54) is 6.07 Å². The summed E-state index contributed by atoms with van der Waals surface area (Å²) < 4.78 is 25.4. The van der Waals surface area contributed by atoms with Gasteiger partial charge in [-0.25, -0.2) is 8.78 Å². The van der Waals surface area contributed by atoms with E-state index in [4.69, 9.17) is 5.73 Å². The minimum atomic E-state index is -0.804. The highest BCUT2D eigenvalue weighted by Gasteiger charge is 2.03. The monoisotopic (exact) mass is 214 g/mol. The van der Waals surface area contributed by atoms with Crippen LogP contribution in [-0.4, -0.2) is 19.1 Å². The van der Waals surface area contributed by atoms with E-state index in [0.29, 0.717) is 19.5 Å². The maximum Gasteiger partial charge on any atom is 0.159 e. The van der Waals surface area contributed by atoms with Gasteiger partial charge in [-0.2, -0.15) is 0 Å². The maximum absolute atomic E-state index is 12.8. The Labute approximate surface area is 88.5 Å². The molecule has 0 aliphatic rings. The van der Waals surface area contributed by atoms with Gasteiger partial charge in [-0.3, -0.25) is 0 Å². The predicted octanol–water partition coefficient (Wildman–Crippen LogP) is 1.44. The van der Waals surface area contributed by atoms with E-state index in [1.807, 2.05) is 6.92 Å². The van der Waals surface area contributed by atoms with Crippen LogP contribution in [0.3, 0.4) is 0 Å². The Hall–Kier alpha value is -1.00. The lowest BCUT2D eigenvalue weighted by Gasteiger charge is -2.10. The molecule has 0 saturated heterocycles. The Balaban J connectivity index is 2.41. The van der Waals surface area contributed by atoms with Gasteiger partial charge in [-0.05, 0) is 37.6 Å². The Bertz CT molecular complexity index is 315. The molecule has 84 valence electrons. The highest BCUT2D eigenvalue weighted by atomic mass is 19.2. The summed E-state index contributed by atoms with van der Waals surface area (Å²) in [5, 5.41) is 3.17. The van der Waals surface area contributed by atoms with E-state index in [1.54, 1.807) is 6.07 Å². The number of benzene rings is 1. The average molecular weight is 214 g/mol. The van der Waals surface area contributed by atoms with E-state index in [9.17, 15) is 8.78 Å². The molecule has 0 radical (unpaired) electrons. The third-order valence-corrected chi connectivity index (χ3v) is 2.24. The third kappa shape index (κ3) is 3.93. The van der Waals surface area contributed by atoms with Crippen molar-refractivity contribution in [2.45, 2.75) is 19.4 Å². The molecule has 0 amide bonds. The van der Waals surface area contributed by atoms with Crippen LogP contribution in [0.5, 0.6) is 0 Å². The largest absolute Gasteiger partial charge is 0.329 e. The summed E-state index contributed by atoms with van der Waals surface area (Å²) in [6.07, 6.45) is 0.668. The maximum atomic E-state index is 12.8. The molecule has 0 unspecified atom stereocenters. The SMILES string of the molecule is C[C@H](CN)NCCc1ccc(F)c(F)c1. The summed E-state index contributed by atoms with van der Waals surface area (Å²) in [6, 6.07) is 4.21. The summed E-state index contributed by atoms with van der Waals surface area (Å²) in [5.41, 5.74) is 6.21. The molecule has 0 heterocycles. The predicted molar refractivity (Wildman–Crippen MR) is 56.6 cm³/mol. The summed E-state index contributed by atoms with van der Waals surface area (Å²) >= 11 is 0. The highest BCUT2D eigenvalue weighted by Crippen LogP contribution is 2.08. The van der Waals surface area contributed by atoms with E-state index in [-0.39, 0.29) is 6.04 Å². The van der Waals surface area contributed by atoms with Crippen LogP contribution >= 0.6 is 0 Å². The van der Waals surface area contributed by atoms with Crippen LogP contribution in [0.4, 0.5) is 8.78 Å². The Morgan fingerprint density at radius 2 is 2.07 bits per heavy atom. The van der Waals surface area contributed by atoms with Gasteiger partial charge in [-0.15, -0.1) is 0 Å². The van der Waals surface area contributed by atoms with Crippen molar-refractivity contribution in [3.63, 3.8) is 0 Å². The van der Waals surface area contributed by atoms with Crippen LogP contribution in [0.15, 0.2) is 18.2 Å². The average Bonchev–Trinajstić information content (AvgIpc) is 2.23. The molecule has 0 bridgehead atoms. The molecule has 2 nitrogen and oxygen atoms in total. The lowest BCUT2D eigenvalue weighted by atomic mass is 10.1. The second-order valence-corrected chi connectivity index (χ2v) is 3.59. The molecule has 0 aliphatic carbocycles. The van der Waals surface area contributed by atoms with Gasteiger partial charge in [0.15, 0.2) is 11.6 Å². The number of nitrogens with one attached hydrogen (secondary N) is 1. The smallest absolute Gasteiger partial charge is 0.159 e. The molecular formula is C11H16F2N2. The van der Waals surface area contributed by atoms with Gasteiger partial charge < -0.3 is 11.1 Å². The quantitative estimate of drug-likeness (QED) is 0.778. The molecule has 15 heavy (non-hydrogen) atoms. The zero-order chi connectivity index (χ0) is 11.3. The van der Waals surface area contributed by atoms with Crippen molar-refractivity contribution in [1.29, 1.82) is 0 Å². The van der Waals surface area contributed by atoms with Gasteiger partial charge in [0, 0.05) is 12.6 Å². The molecule has 0 aliphatic heterocycles. The first-order chi connectivity index (χ1) is 7.13. The van der Waals surface area contributed by atoms with Crippen LogP contribution in [-0.2, 0) is 6.42 Å². The second kappa shape index (κ2) is 5.78. The van der Waals surface area contributed by atoms with Gasteiger partial charge in [0.05, 0.1) is 0 Å². The number of nitrogens with two attached hydrogens (primary N) is 1. The topological polar surface area (TPSA) is 38.0 Å². The van der Waals surface area contributed by atoms with E-state index < -0.39 is 11.6 Å². The van der Waals surface area contributed by atoms with Crippen LogP contribution in [0.2, 0.25) is 0 Å². The van der Waals surface area contributed by atoms with Crippen molar-refractivity contribution in [2.75, 3.05) is 13.1 Å². The summed E-state index contributed by atoms with van der Waals surface area (Å²) in [4.78, 5) is 0. The standard InChI is InChI=1S/C11H16F2N2/c1-8(7-14)15-5-4-9-2-3-10(12)11(13)6-9/h2-3,6,8,15H,4-5,7,14H2,1H3/t8-/m1/s1. The number of hydrogen-bond donors (Lipinski definition) is 2. The first kappa shape index (κ1) is 12.1. The first-order valence-corrected chi connectivity index (χ1v) is 5.01. The van der Waals surface area contributed by atoms with Crippen LogP contribution in [0.1, 0.15) is 12.5 Å². The van der Waals surface area contributed by atoms with E-state index in [2.05, 4.69) is 5.32 Å². The van der Waals surface area contributed by atoms with Gasteiger partial charge in [0.25, 0.3) is 0 Å². The first-order valence-electron chi connectivity index (χ1n) is 5.01. The highest BCUT2D eigenvalue weighted by molar-refractivity contribution is 5.18. The molecule has 0 aromatic heterocycles. The molecule has 3 N–H and O–H groups in total. The molecule has 0 saturated carbocycles. The minimum Gasteiger partial charge on any atom is -0.329 e. The Morgan fingerprint density at radius 1 is 1.33 bits per heavy atom. The van der Waals surface area contributed by atoms with Gasteiger partial charge in [-0.1, -0.05) is 6.07 Å². The molecule has 4 heteroatoms. The van der Waals surface area contributed by atoms with Gasteiger partial charge in [0.1, 0.15) is 0 Å². The molecule has 1 rings (SSSR count). The molecule has 0 spiro atoms. The fourth-order valence-electron chi connectivity index (χ4n) is 1.24. The van der Waals surface area contributed by atoms with Crippen molar-refractivity contribution in [1.82, 2.24) is 5.32 Å². The van der Waals surface area contributed by atoms with Crippen LogP contribution in [0, 0.1) is 11.6 Å². The fourth-order valence-corrected chi connectivity index (χ4v) is 1.24. The molecule has 1 aromatic carbocycles. The van der Waals surface area contributed by atoms with Crippen molar-refractivity contribution < 1.29 is 8.78 Å². The summed E-state index contributed by atoms with van der Waals surface area (Å²) in [5.74, 6) is -1.60. The molecule has 1 aromatic rings. The lowest BCUT2D eigenvalue weighted by Crippen LogP contribution is -2.34. The van der Waals surface area contributed by atoms with Crippen molar-refractivity contribution in [3.05, 3.63) is 35.4 Å². The van der Waals surface area contributed by atoms with Crippen LogP contribution in [0.25, 0.3) is 0 Å². The minimum absolute atomic E-state index is 0.246.